The molecule has 1 rings (SSSR count). The van der Waals surface area contributed by atoms with Crippen LogP contribution in [0.5, 0.6) is 0 Å². The molecule has 0 saturated heterocycles. The highest BCUT2D eigenvalue weighted by Crippen LogP contribution is 2.15. The van der Waals surface area contributed by atoms with Gasteiger partial charge in [0.05, 0.1) is 23.7 Å². The molecule has 0 aliphatic carbocycles. The summed E-state index contributed by atoms with van der Waals surface area (Å²) < 4.78 is 29.1. The number of hydrogen-bond donors (Lipinski definition) is 0. The lowest BCUT2D eigenvalue weighted by atomic mass is 10.4. The topological polar surface area (TPSA) is 63.7 Å². The third-order valence-corrected chi connectivity index (χ3v) is 4.88. The van der Waals surface area contributed by atoms with Crippen LogP contribution in [0.3, 0.4) is 0 Å². The maximum absolute atomic E-state index is 12.1. The van der Waals surface area contributed by atoms with Gasteiger partial charge in [0, 0.05) is 18.1 Å². The van der Waals surface area contributed by atoms with E-state index in [4.69, 9.17) is 16.3 Å². The number of halogens is 1. The first-order valence-electron chi connectivity index (χ1n) is 6.67. The molecule has 21 heavy (non-hydrogen) atoms. The van der Waals surface area contributed by atoms with E-state index in [-0.39, 0.29) is 23.0 Å². The van der Waals surface area contributed by atoms with Gasteiger partial charge in [-0.2, -0.15) is 0 Å². The number of esters is 1. The Bertz CT molecular complexity index is 557. The maximum atomic E-state index is 12.1. The molecule has 0 spiro atoms. The number of hydrogen-bond acceptors (Lipinski definition) is 5. The number of nitrogens with zero attached hydrogens (tertiary/aromatic N) is 1. The lowest BCUT2D eigenvalue weighted by molar-refractivity contribution is -0.143. The first-order valence-corrected chi connectivity index (χ1v) is 8.70. The molecule has 0 fully saturated rings. The molecule has 0 atom stereocenters. The second-order valence-electron chi connectivity index (χ2n) is 4.63. The Balaban J connectivity index is 2.46. The zero-order valence-electron chi connectivity index (χ0n) is 12.2. The number of rotatable bonds is 8. The quantitative estimate of drug-likeness (QED) is 0.681. The second kappa shape index (κ2) is 8.36. The van der Waals surface area contributed by atoms with Crippen molar-refractivity contribution in [2.75, 3.05) is 32.5 Å². The van der Waals surface area contributed by atoms with Crippen LogP contribution in [0.1, 0.15) is 13.3 Å². The molecule has 7 heteroatoms. The Morgan fingerprint density at radius 2 is 1.86 bits per heavy atom. The highest BCUT2D eigenvalue weighted by Gasteiger charge is 2.15. The normalized spacial score (nSPS) is 11.6. The Labute approximate surface area is 130 Å². The fourth-order valence-electron chi connectivity index (χ4n) is 1.66. The molecule has 1 aromatic rings. The van der Waals surface area contributed by atoms with Gasteiger partial charge in [-0.05, 0) is 38.2 Å². The summed E-state index contributed by atoms with van der Waals surface area (Å²) in [6, 6.07) is 6.10. The van der Waals surface area contributed by atoms with Crippen molar-refractivity contribution in [3.63, 3.8) is 0 Å². The van der Waals surface area contributed by atoms with E-state index in [0.29, 0.717) is 24.7 Å². The lowest BCUT2D eigenvalue weighted by Crippen LogP contribution is -2.28. The second-order valence-corrected chi connectivity index (χ2v) is 7.18. The predicted octanol–water partition coefficient (Wildman–Crippen LogP) is 2.00. The molecule has 0 aliphatic rings. The number of carbonyl (C=O) groups excluding carboxylic acids is 1. The van der Waals surface area contributed by atoms with Crippen LogP contribution >= 0.6 is 11.6 Å². The molecule has 0 aromatic heterocycles. The molecule has 1 aromatic carbocycles. The highest BCUT2D eigenvalue weighted by atomic mass is 35.5. The smallest absolute Gasteiger partial charge is 0.307 e. The molecule has 0 amide bonds. The van der Waals surface area contributed by atoms with Crippen molar-refractivity contribution in [3.05, 3.63) is 29.3 Å². The maximum Gasteiger partial charge on any atom is 0.307 e. The molecule has 118 valence electrons. The van der Waals surface area contributed by atoms with Gasteiger partial charge < -0.3 is 9.64 Å². The summed E-state index contributed by atoms with van der Waals surface area (Å²) in [5.74, 6) is -0.279. The Hall–Kier alpha value is -1.11. The van der Waals surface area contributed by atoms with Gasteiger partial charge in [-0.25, -0.2) is 8.42 Å². The van der Waals surface area contributed by atoms with E-state index < -0.39 is 9.84 Å². The third-order valence-electron chi connectivity index (χ3n) is 2.92. The molecule has 0 saturated carbocycles. The molecule has 0 N–H and O–H groups in total. The summed E-state index contributed by atoms with van der Waals surface area (Å²) in [5.41, 5.74) is 0. The van der Waals surface area contributed by atoms with Crippen molar-refractivity contribution in [1.29, 1.82) is 0 Å². The van der Waals surface area contributed by atoms with Crippen LogP contribution in [0, 0.1) is 0 Å². The average Bonchev–Trinajstić information content (AvgIpc) is 2.44. The molecule has 5 nitrogen and oxygen atoms in total. The number of benzene rings is 1. The van der Waals surface area contributed by atoms with E-state index in [1.165, 1.54) is 12.1 Å². The van der Waals surface area contributed by atoms with Crippen LogP contribution in [0.4, 0.5) is 0 Å². The van der Waals surface area contributed by atoms with E-state index in [1.54, 1.807) is 31.0 Å². The van der Waals surface area contributed by atoms with Crippen LogP contribution in [-0.4, -0.2) is 51.8 Å². The van der Waals surface area contributed by atoms with Crippen molar-refractivity contribution >= 4 is 27.4 Å². The van der Waals surface area contributed by atoms with Gasteiger partial charge in [0.1, 0.15) is 0 Å². The van der Waals surface area contributed by atoms with E-state index in [9.17, 15) is 13.2 Å². The zero-order chi connectivity index (χ0) is 15.9. The fourth-order valence-corrected chi connectivity index (χ4v) is 3.13. The minimum absolute atomic E-state index is 0.00599. The Morgan fingerprint density at radius 1 is 1.24 bits per heavy atom. The van der Waals surface area contributed by atoms with Crippen LogP contribution < -0.4 is 0 Å². The molecular weight excluding hydrogens is 314 g/mol. The SMILES string of the molecule is CCOC(=O)CCN(C)CCS(=O)(=O)c1ccc(Cl)cc1. The van der Waals surface area contributed by atoms with E-state index in [1.807, 2.05) is 0 Å². The van der Waals surface area contributed by atoms with Gasteiger partial charge in [-0.15, -0.1) is 0 Å². The fraction of sp³-hybridized carbons (Fsp3) is 0.500. The summed E-state index contributed by atoms with van der Waals surface area (Å²) in [7, 11) is -1.56. The summed E-state index contributed by atoms with van der Waals surface area (Å²) in [4.78, 5) is 13.3. The summed E-state index contributed by atoms with van der Waals surface area (Å²) >= 11 is 5.74. The van der Waals surface area contributed by atoms with Gasteiger partial charge in [0.2, 0.25) is 0 Å². The largest absolute Gasteiger partial charge is 0.466 e. The van der Waals surface area contributed by atoms with E-state index in [2.05, 4.69) is 0 Å². The first kappa shape index (κ1) is 17.9. The number of ether oxygens (including phenoxy) is 1. The predicted molar refractivity (Wildman–Crippen MR) is 82.3 cm³/mol. The van der Waals surface area contributed by atoms with Crippen molar-refractivity contribution in [3.8, 4) is 0 Å². The molecule has 0 bridgehead atoms. The minimum Gasteiger partial charge on any atom is -0.466 e. The molecule has 0 aliphatic heterocycles. The first-order chi connectivity index (χ1) is 9.85. The summed E-state index contributed by atoms with van der Waals surface area (Å²) in [6.45, 7) is 2.92. The van der Waals surface area contributed by atoms with E-state index in [0.717, 1.165) is 0 Å². The number of sulfone groups is 1. The standard InChI is InChI=1S/C14H20ClNO4S/c1-3-20-14(17)8-9-16(2)10-11-21(18,19)13-6-4-12(15)5-7-13/h4-7H,3,8-11H2,1-2H3. The monoisotopic (exact) mass is 333 g/mol. The van der Waals surface area contributed by atoms with E-state index >= 15 is 0 Å². The van der Waals surface area contributed by atoms with Crippen molar-refractivity contribution in [1.82, 2.24) is 4.90 Å². The number of carbonyl (C=O) groups is 1. The minimum atomic E-state index is -3.34. The Kier molecular flexibility index (Phi) is 7.14. The van der Waals surface area contributed by atoms with Crippen molar-refractivity contribution < 1.29 is 17.9 Å². The summed E-state index contributed by atoms with van der Waals surface area (Å²) in [5, 5.41) is 0.500. The molecular formula is C14H20ClNO4S. The summed E-state index contributed by atoms with van der Waals surface area (Å²) in [6.07, 6.45) is 0.255. The van der Waals surface area contributed by atoms with Crippen LogP contribution in [0.15, 0.2) is 29.2 Å². The molecule has 0 heterocycles. The van der Waals surface area contributed by atoms with Gasteiger partial charge >= 0.3 is 5.97 Å². The highest BCUT2D eigenvalue weighted by molar-refractivity contribution is 7.91. The van der Waals surface area contributed by atoms with Crippen LogP contribution in [0.2, 0.25) is 5.02 Å². The average molecular weight is 334 g/mol. The van der Waals surface area contributed by atoms with Gasteiger partial charge in [0.15, 0.2) is 9.84 Å². The zero-order valence-corrected chi connectivity index (χ0v) is 13.8. The lowest BCUT2D eigenvalue weighted by Gasteiger charge is -2.16. The van der Waals surface area contributed by atoms with Crippen LogP contribution in [-0.2, 0) is 19.4 Å². The van der Waals surface area contributed by atoms with Crippen LogP contribution in [0.25, 0.3) is 0 Å². The molecule has 0 radical (unpaired) electrons. The molecule has 0 unspecified atom stereocenters. The van der Waals surface area contributed by atoms with Crippen molar-refractivity contribution in [2.45, 2.75) is 18.2 Å². The Morgan fingerprint density at radius 3 is 2.43 bits per heavy atom. The third kappa shape index (κ3) is 6.46. The van der Waals surface area contributed by atoms with Gasteiger partial charge in [-0.3, -0.25) is 4.79 Å². The van der Waals surface area contributed by atoms with Gasteiger partial charge in [-0.1, -0.05) is 11.6 Å². The van der Waals surface area contributed by atoms with Gasteiger partial charge in [0.25, 0.3) is 0 Å². The van der Waals surface area contributed by atoms with Crippen molar-refractivity contribution in [2.24, 2.45) is 0 Å².